The Morgan fingerprint density at radius 2 is 2.17 bits per heavy atom. The summed E-state index contributed by atoms with van der Waals surface area (Å²) in [7, 11) is 0. The second-order valence-electron chi connectivity index (χ2n) is 3.81. The SMILES string of the molecule is O=C(O)N1CCC(O)CC12CC2. The van der Waals surface area contributed by atoms with E-state index in [-0.39, 0.29) is 11.6 Å². The topological polar surface area (TPSA) is 60.8 Å². The van der Waals surface area contributed by atoms with Crippen molar-refractivity contribution in [3.05, 3.63) is 0 Å². The summed E-state index contributed by atoms with van der Waals surface area (Å²) in [6.07, 6.45) is 1.96. The maximum absolute atomic E-state index is 10.8. The first-order valence-electron chi connectivity index (χ1n) is 4.33. The largest absolute Gasteiger partial charge is 0.465 e. The molecule has 1 heterocycles. The van der Waals surface area contributed by atoms with Crippen LogP contribution in [-0.4, -0.2) is 39.4 Å². The zero-order valence-corrected chi connectivity index (χ0v) is 6.86. The van der Waals surface area contributed by atoms with Gasteiger partial charge < -0.3 is 15.1 Å². The number of piperidine rings is 1. The number of nitrogens with zero attached hydrogens (tertiary/aromatic N) is 1. The summed E-state index contributed by atoms with van der Waals surface area (Å²) in [6, 6.07) is 0. The van der Waals surface area contributed by atoms with E-state index in [9.17, 15) is 9.90 Å². The van der Waals surface area contributed by atoms with E-state index in [0.29, 0.717) is 19.4 Å². The van der Waals surface area contributed by atoms with Gasteiger partial charge in [-0.3, -0.25) is 0 Å². The summed E-state index contributed by atoms with van der Waals surface area (Å²) < 4.78 is 0. The molecule has 4 heteroatoms. The fourth-order valence-corrected chi connectivity index (χ4v) is 2.08. The van der Waals surface area contributed by atoms with Gasteiger partial charge in [-0.15, -0.1) is 0 Å². The number of amides is 1. The molecular formula is C8H13NO3. The normalized spacial score (nSPS) is 32.1. The summed E-state index contributed by atoms with van der Waals surface area (Å²) >= 11 is 0. The highest BCUT2D eigenvalue weighted by atomic mass is 16.4. The molecule has 0 aromatic carbocycles. The molecule has 1 saturated carbocycles. The van der Waals surface area contributed by atoms with Crippen LogP contribution in [0.1, 0.15) is 25.7 Å². The van der Waals surface area contributed by atoms with Gasteiger partial charge in [-0.25, -0.2) is 4.79 Å². The smallest absolute Gasteiger partial charge is 0.407 e. The van der Waals surface area contributed by atoms with Crippen LogP contribution in [0.4, 0.5) is 4.79 Å². The Balaban J connectivity index is 2.10. The molecule has 4 nitrogen and oxygen atoms in total. The van der Waals surface area contributed by atoms with Crippen molar-refractivity contribution < 1.29 is 15.0 Å². The molecule has 2 aliphatic rings. The molecule has 0 radical (unpaired) electrons. The molecule has 1 amide bonds. The van der Waals surface area contributed by atoms with Crippen molar-refractivity contribution in [1.29, 1.82) is 0 Å². The Morgan fingerprint density at radius 1 is 1.50 bits per heavy atom. The monoisotopic (exact) mass is 171 g/mol. The van der Waals surface area contributed by atoms with Crippen molar-refractivity contribution in [2.45, 2.75) is 37.3 Å². The molecule has 0 aromatic heterocycles. The number of hydrogen-bond donors (Lipinski definition) is 2. The Kier molecular flexibility index (Phi) is 1.54. The molecule has 0 aromatic rings. The van der Waals surface area contributed by atoms with Crippen molar-refractivity contribution in [3.8, 4) is 0 Å². The van der Waals surface area contributed by atoms with Gasteiger partial charge in [-0.1, -0.05) is 0 Å². The van der Waals surface area contributed by atoms with E-state index in [1.807, 2.05) is 0 Å². The predicted molar refractivity (Wildman–Crippen MR) is 41.9 cm³/mol. The molecule has 1 aliphatic carbocycles. The highest BCUT2D eigenvalue weighted by Gasteiger charge is 2.53. The summed E-state index contributed by atoms with van der Waals surface area (Å²) in [6.45, 7) is 0.497. The van der Waals surface area contributed by atoms with Crippen molar-refractivity contribution in [2.24, 2.45) is 0 Å². The van der Waals surface area contributed by atoms with Crippen LogP contribution in [0.5, 0.6) is 0 Å². The van der Waals surface area contributed by atoms with Crippen molar-refractivity contribution in [3.63, 3.8) is 0 Å². The third-order valence-electron chi connectivity index (χ3n) is 2.93. The standard InChI is InChI=1S/C8H13NO3/c10-6-1-4-9(7(11)12)8(5-6)2-3-8/h6,10H,1-5H2,(H,11,12). The lowest BCUT2D eigenvalue weighted by Crippen LogP contribution is -2.48. The third-order valence-corrected chi connectivity index (χ3v) is 2.93. The summed E-state index contributed by atoms with van der Waals surface area (Å²) in [4.78, 5) is 12.3. The summed E-state index contributed by atoms with van der Waals surface area (Å²) in [5, 5.41) is 18.2. The maximum atomic E-state index is 10.8. The molecule has 0 bridgehead atoms. The Labute approximate surface area is 70.8 Å². The van der Waals surface area contributed by atoms with Crippen LogP contribution in [0.2, 0.25) is 0 Å². The summed E-state index contributed by atoms with van der Waals surface area (Å²) in [5.41, 5.74) is -0.177. The zero-order chi connectivity index (χ0) is 8.77. The van der Waals surface area contributed by atoms with Crippen molar-refractivity contribution in [1.82, 2.24) is 4.90 Å². The van der Waals surface area contributed by atoms with E-state index in [4.69, 9.17) is 5.11 Å². The number of carbonyl (C=O) groups is 1. The third kappa shape index (κ3) is 1.06. The molecule has 1 atom stereocenters. The van der Waals surface area contributed by atoms with Crippen LogP contribution in [0.25, 0.3) is 0 Å². The van der Waals surface area contributed by atoms with Crippen LogP contribution < -0.4 is 0 Å². The quantitative estimate of drug-likeness (QED) is 0.562. The van der Waals surface area contributed by atoms with Gasteiger partial charge in [-0.05, 0) is 25.7 Å². The molecule has 68 valence electrons. The second-order valence-corrected chi connectivity index (χ2v) is 3.81. The molecule has 2 N–H and O–H groups in total. The number of hydrogen-bond acceptors (Lipinski definition) is 2. The number of likely N-dealkylation sites (tertiary alicyclic amines) is 1. The highest BCUT2D eigenvalue weighted by Crippen LogP contribution is 2.48. The number of aliphatic hydroxyl groups excluding tert-OH is 1. The minimum absolute atomic E-state index is 0.177. The first-order chi connectivity index (χ1) is 5.64. The molecule has 2 rings (SSSR count). The van der Waals surface area contributed by atoms with E-state index in [2.05, 4.69) is 0 Å². The molecule has 1 aliphatic heterocycles. The molecule has 1 spiro atoms. The average Bonchev–Trinajstić information content (AvgIpc) is 2.68. The minimum atomic E-state index is -0.834. The van der Waals surface area contributed by atoms with Gasteiger partial charge in [0, 0.05) is 12.1 Å². The maximum Gasteiger partial charge on any atom is 0.407 e. The minimum Gasteiger partial charge on any atom is -0.465 e. The van der Waals surface area contributed by atoms with E-state index in [0.717, 1.165) is 12.8 Å². The molecule has 12 heavy (non-hydrogen) atoms. The van der Waals surface area contributed by atoms with Crippen molar-refractivity contribution in [2.75, 3.05) is 6.54 Å². The first kappa shape index (κ1) is 7.86. The van der Waals surface area contributed by atoms with E-state index >= 15 is 0 Å². The van der Waals surface area contributed by atoms with Crippen LogP contribution in [-0.2, 0) is 0 Å². The predicted octanol–water partition coefficient (Wildman–Crippen LogP) is 0.654. The molecule has 2 fully saturated rings. The van der Waals surface area contributed by atoms with Gasteiger partial charge in [0.05, 0.1) is 6.10 Å². The van der Waals surface area contributed by atoms with Crippen LogP contribution >= 0.6 is 0 Å². The average molecular weight is 171 g/mol. The lowest BCUT2D eigenvalue weighted by Gasteiger charge is -2.36. The van der Waals surface area contributed by atoms with Crippen LogP contribution in [0, 0.1) is 0 Å². The second kappa shape index (κ2) is 2.36. The van der Waals surface area contributed by atoms with Gasteiger partial charge in [0.1, 0.15) is 0 Å². The van der Waals surface area contributed by atoms with E-state index < -0.39 is 6.09 Å². The summed E-state index contributed by atoms with van der Waals surface area (Å²) in [5.74, 6) is 0. The van der Waals surface area contributed by atoms with Gasteiger partial charge in [0.25, 0.3) is 0 Å². The zero-order valence-electron chi connectivity index (χ0n) is 6.86. The Bertz CT molecular complexity index is 212. The highest BCUT2D eigenvalue weighted by molar-refractivity contribution is 5.67. The van der Waals surface area contributed by atoms with Gasteiger partial charge in [0.15, 0.2) is 0 Å². The lowest BCUT2D eigenvalue weighted by molar-refractivity contribution is 0.0331. The molecule has 1 saturated heterocycles. The number of carboxylic acid groups (broad SMARTS) is 1. The van der Waals surface area contributed by atoms with Gasteiger partial charge in [-0.2, -0.15) is 0 Å². The fraction of sp³-hybridized carbons (Fsp3) is 0.875. The van der Waals surface area contributed by atoms with E-state index in [1.54, 1.807) is 0 Å². The fourth-order valence-electron chi connectivity index (χ4n) is 2.08. The van der Waals surface area contributed by atoms with Crippen LogP contribution in [0.15, 0.2) is 0 Å². The van der Waals surface area contributed by atoms with Crippen LogP contribution in [0.3, 0.4) is 0 Å². The number of rotatable bonds is 0. The Morgan fingerprint density at radius 3 is 2.67 bits per heavy atom. The molecule has 1 unspecified atom stereocenters. The Hall–Kier alpha value is -0.770. The van der Waals surface area contributed by atoms with Gasteiger partial charge in [0.2, 0.25) is 0 Å². The first-order valence-corrected chi connectivity index (χ1v) is 4.33. The van der Waals surface area contributed by atoms with E-state index in [1.165, 1.54) is 4.90 Å². The molecular weight excluding hydrogens is 158 g/mol. The van der Waals surface area contributed by atoms with Gasteiger partial charge >= 0.3 is 6.09 Å². The lowest BCUT2D eigenvalue weighted by atomic mass is 9.98. The van der Waals surface area contributed by atoms with Crippen molar-refractivity contribution >= 4 is 6.09 Å². The number of aliphatic hydroxyl groups is 1.